The van der Waals surface area contributed by atoms with Gasteiger partial charge in [-0.25, -0.2) is 4.98 Å². The summed E-state index contributed by atoms with van der Waals surface area (Å²) in [6.07, 6.45) is 6.01. The van der Waals surface area contributed by atoms with Crippen LogP contribution in [0.5, 0.6) is 0 Å². The highest BCUT2D eigenvalue weighted by molar-refractivity contribution is 7.09. The molecule has 0 aliphatic heterocycles. The number of nitrogens with two attached hydrogens (primary N) is 1. The van der Waals surface area contributed by atoms with E-state index in [1.807, 2.05) is 0 Å². The standard InChI is InChI=1S/C14H23N3O2S/c15-7-6-13-17-11(9-20-13)14(19)16-8-12(18)10-4-2-1-3-5-10/h9-10,12,18H,1-8,15H2,(H,16,19). The second-order valence-electron chi connectivity index (χ2n) is 5.34. The number of carbonyl (C=O) groups excluding carboxylic acids is 1. The van der Waals surface area contributed by atoms with E-state index in [-0.39, 0.29) is 5.91 Å². The van der Waals surface area contributed by atoms with Crippen molar-refractivity contribution in [1.29, 1.82) is 0 Å². The van der Waals surface area contributed by atoms with Gasteiger partial charge in [0.15, 0.2) is 0 Å². The van der Waals surface area contributed by atoms with Gasteiger partial charge in [-0.1, -0.05) is 19.3 Å². The second-order valence-corrected chi connectivity index (χ2v) is 6.28. The lowest BCUT2D eigenvalue weighted by Gasteiger charge is -2.26. The lowest BCUT2D eigenvalue weighted by molar-refractivity contribution is 0.0736. The molecule has 0 saturated heterocycles. The molecule has 1 aliphatic rings. The number of aliphatic hydroxyl groups excluding tert-OH is 1. The molecule has 5 nitrogen and oxygen atoms in total. The fourth-order valence-corrected chi connectivity index (χ4v) is 3.42. The number of hydrogen-bond acceptors (Lipinski definition) is 5. The molecule has 1 aromatic rings. The average molecular weight is 297 g/mol. The van der Waals surface area contributed by atoms with Gasteiger partial charge in [-0.05, 0) is 25.3 Å². The van der Waals surface area contributed by atoms with Gasteiger partial charge in [0, 0.05) is 18.3 Å². The van der Waals surface area contributed by atoms with Gasteiger partial charge in [-0.2, -0.15) is 0 Å². The maximum Gasteiger partial charge on any atom is 0.270 e. The zero-order valence-electron chi connectivity index (χ0n) is 11.7. The Balaban J connectivity index is 1.78. The van der Waals surface area contributed by atoms with E-state index in [0.29, 0.717) is 31.1 Å². The summed E-state index contributed by atoms with van der Waals surface area (Å²) in [5, 5.41) is 15.5. The Morgan fingerprint density at radius 3 is 2.95 bits per heavy atom. The average Bonchev–Trinajstić information content (AvgIpc) is 2.94. The minimum Gasteiger partial charge on any atom is -0.391 e. The van der Waals surface area contributed by atoms with Crippen LogP contribution in [0.2, 0.25) is 0 Å². The number of aromatic nitrogens is 1. The van der Waals surface area contributed by atoms with Gasteiger partial charge < -0.3 is 16.2 Å². The van der Waals surface area contributed by atoms with Gasteiger partial charge in [-0.15, -0.1) is 11.3 Å². The van der Waals surface area contributed by atoms with Crippen LogP contribution in [0.15, 0.2) is 5.38 Å². The van der Waals surface area contributed by atoms with E-state index in [1.54, 1.807) is 5.38 Å². The molecule has 112 valence electrons. The number of hydrogen-bond donors (Lipinski definition) is 3. The van der Waals surface area contributed by atoms with E-state index in [9.17, 15) is 9.90 Å². The molecule has 1 aromatic heterocycles. The SMILES string of the molecule is NCCc1nc(C(=O)NCC(O)C2CCCCC2)cs1. The summed E-state index contributed by atoms with van der Waals surface area (Å²) in [6.45, 7) is 0.849. The Hall–Kier alpha value is -0.980. The normalized spacial score (nSPS) is 17.9. The number of nitrogens with zero attached hydrogens (tertiary/aromatic N) is 1. The lowest BCUT2D eigenvalue weighted by Crippen LogP contribution is -2.37. The maximum atomic E-state index is 11.9. The van der Waals surface area contributed by atoms with Gasteiger partial charge in [0.2, 0.25) is 0 Å². The largest absolute Gasteiger partial charge is 0.391 e. The van der Waals surface area contributed by atoms with E-state index in [0.717, 1.165) is 17.8 Å². The molecule has 2 rings (SSSR count). The minimum absolute atomic E-state index is 0.209. The molecule has 1 aliphatic carbocycles. The Labute approximate surface area is 123 Å². The molecular weight excluding hydrogens is 274 g/mol. The smallest absolute Gasteiger partial charge is 0.270 e. The number of rotatable bonds is 6. The number of thiazole rings is 1. The molecule has 1 atom stereocenters. The summed E-state index contributed by atoms with van der Waals surface area (Å²) in [5.41, 5.74) is 5.89. The predicted octanol–water partition coefficient (Wildman–Crippen LogP) is 1.32. The third kappa shape index (κ3) is 4.26. The molecule has 0 spiro atoms. The first-order valence-corrected chi connectivity index (χ1v) is 8.19. The monoisotopic (exact) mass is 297 g/mol. The van der Waals surface area contributed by atoms with Gasteiger partial charge in [0.25, 0.3) is 5.91 Å². The van der Waals surface area contributed by atoms with Crippen molar-refractivity contribution in [2.75, 3.05) is 13.1 Å². The predicted molar refractivity (Wildman–Crippen MR) is 79.8 cm³/mol. The van der Waals surface area contributed by atoms with Crippen molar-refractivity contribution in [1.82, 2.24) is 10.3 Å². The summed E-state index contributed by atoms with van der Waals surface area (Å²) in [4.78, 5) is 16.2. The summed E-state index contributed by atoms with van der Waals surface area (Å²) in [7, 11) is 0. The first kappa shape index (κ1) is 15.4. The minimum atomic E-state index is -0.443. The topological polar surface area (TPSA) is 88.2 Å². The summed E-state index contributed by atoms with van der Waals surface area (Å²) >= 11 is 1.45. The third-order valence-electron chi connectivity index (χ3n) is 3.81. The number of carbonyl (C=O) groups is 1. The van der Waals surface area contributed by atoms with Crippen LogP contribution in [-0.2, 0) is 6.42 Å². The summed E-state index contributed by atoms with van der Waals surface area (Å²) < 4.78 is 0. The van der Waals surface area contributed by atoms with Crippen molar-refractivity contribution in [2.45, 2.75) is 44.6 Å². The molecule has 1 fully saturated rings. The Morgan fingerprint density at radius 2 is 2.25 bits per heavy atom. The molecular formula is C14H23N3O2S. The Bertz CT molecular complexity index is 430. The number of amides is 1. The highest BCUT2D eigenvalue weighted by atomic mass is 32.1. The molecule has 20 heavy (non-hydrogen) atoms. The Morgan fingerprint density at radius 1 is 1.50 bits per heavy atom. The Kier molecular flexibility index (Phi) is 5.94. The molecule has 1 unspecified atom stereocenters. The highest BCUT2D eigenvalue weighted by Crippen LogP contribution is 2.26. The lowest BCUT2D eigenvalue weighted by atomic mass is 9.85. The van der Waals surface area contributed by atoms with Crippen molar-refractivity contribution in [2.24, 2.45) is 11.7 Å². The zero-order chi connectivity index (χ0) is 14.4. The quantitative estimate of drug-likeness (QED) is 0.739. The van der Waals surface area contributed by atoms with Crippen molar-refractivity contribution in [3.05, 3.63) is 16.1 Å². The third-order valence-corrected chi connectivity index (χ3v) is 4.72. The molecule has 0 radical (unpaired) electrons. The first-order chi connectivity index (χ1) is 9.70. The second kappa shape index (κ2) is 7.71. The van der Waals surface area contributed by atoms with Crippen molar-refractivity contribution < 1.29 is 9.90 Å². The molecule has 0 aromatic carbocycles. The van der Waals surface area contributed by atoms with Crippen molar-refractivity contribution >= 4 is 17.2 Å². The van der Waals surface area contributed by atoms with Crippen LogP contribution in [0, 0.1) is 5.92 Å². The van der Waals surface area contributed by atoms with Crippen LogP contribution in [0.25, 0.3) is 0 Å². The summed E-state index contributed by atoms with van der Waals surface area (Å²) in [6, 6.07) is 0. The highest BCUT2D eigenvalue weighted by Gasteiger charge is 2.22. The molecule has 1 saturated carbocycles. The number of nitrogens with one attached hydrogen (secondary N) is 1. The van der Waals surface area contributed by atoms with Gasteiger partial charge >= 0.3 is 0 Å². The molecule has 4 N–H and O–H groups in total. The summed E-state index contributed by atoms with van der Waals surface area (Å²) in [5.74, 6) is 0.117. The van der Waals surface area contributed by atoms with Crippen LogP contribution >= 0.6 is 11.3 Å². The van der Waals surface area contributed by atoms with Crippen LogP contribution in [0.3, 0.4) is 0 Å². The van der Waals surface area contributed by atoms with Crippen molar-refractivity contribution in [3.8, 4) is 0 Å². The van der Waals surface area contributed by atoms with Crippen molar-refractivity contribution in [3.63, 3.8) is 0 Å². The zero-order valence-corrected chi connectivity index (χ0v) is 12.5. The molecule has 0 bridgehead atoms. The fraction of sp³-hybridized carbons (Fsp3) is 0.714. The number of aliphatic hydroxyl groups is 1. The van der Waals surface area contributed by atoms with E-state index < -0.39 is 6.10 Å². The van der Waals surface area contributed by atoms with Crippen LogP contribution in [0.1, 0.15) is 47.6 Å². The molecule has 6 heteroatoms. The maximum absolute atomic E-state index is 11.9. The van der Waals surface area contributed by atoms with E-state index >= 15 is 0 Å². The first-order valence-electron chi connectivity index (χ1n) is 7.31. The van der Waals surface area contributed by atoms with Crippen LogP contribution in [0.4, 0.5) is 0 Å². The van der Waals surface area contributed by atoms with Crippen LogP contribution in [-0.4, -0.2) is 35.2 Å². The van der Waals surface area contributed by atoms with Crippen LogP contribution < -0.4 is 11.1 Å². The van der Waals surface area contributed by atoms with Gasteiger partial charge in [0.05, 0.1) is 11.1 Å². The van der Waals surface area contributed by atoms with Gasteiger partial charge in [-0.3, -0.25) is 4.79 Å². The van der Waals surface area contributed by atoms with Gasteiger partial charge in [0.1, 0.15) is 5.69 Å². The van der Waals surface area contributed by atoms with E-state index in [2.05, 4.69) is 10.3 Å². The molecule has 1 amide bonds. The molecule has 1 heterocycles. The van der Waals surface area contributed by atoms with E-state index in [4.69, 9.17) is 5.73 Å². The van der Waals surface area contributed by atoms with E-state index in [1.165, 1.54) is 30.6 Å². The fourth-order valence-electron chi connectivity index (χ4n) is 2.63.